The van der Waals surface area contributed by atoms with Crippen LogP contribution >= 0.6 is 23.2 Å². The molecule has 0 aliphatic rings. The van der Waals surface area contributed by atoms with E-state index in [1.54, 1.807) is 90.1 Å². The smallest absolute Gasteiger partial charge is 0.487 e. The van der Waals surface area contributed by atoms with E-state index in [0.717, 1.165) is 17.7 Å². The van der Waals surface area contributed by atoms with Gasteiger partial charge in [0, 0.05) is 114 Å². The molecule has 2 radical (unpaired) electrons. The molecule has 2 aromatic heterocycles. The van der Waals surface area contributed by atoms with Crippen LogP contribution in [0.2, 0.25) is 0 Å². The largest absolute Gasteiger partial charge is 0.503 e. The second-order valence-corrected chi connectivity index (χ2v) is 17.5. The van der Waals surface area contributed by atoms with Crippen molar-refractivity contribution in [3.8, 4) is 0 Å². The number of hydrogen-bond donors (Lipinski definition) is 13. The van der Waals surface area contributed by atoms with Crippen molar-refractivity contribution in [2.75, 3.05) is 67.0 Å². The Bertz CT molecular complexity index is 2560. The minimum Gasteiger partial charge on any atom is -0.487 e. The summed E-state index contributed by atoms with van der Waals surface area (Å²) < 4.78 is 38.5. The average Bonchev–Trinajstić information content (AvgIpc) is 1.36. The Kier molecular flexibility index (Phi) is 90.3. The molecular formula is C55H98Cl2N14O28Pr2-2. The standard InChI is InChI=1S/C12H22N2O5.C9H13N3O3.C9H14N2O5.C6H11NO4.C6H13NO2.C5H11NO2.C4H4N2O2.CCl2O.CH4N2O.CH2O3.CH4.2Pr/c1-6-18-10(15)8(3)13-12(17)14(5)9(4)11(16)19-7-2;1-3-15-8(13)7(2)11-9(14)12-5-4-10-6-12;1-3-15-7(12)5-10-9(14)11-6-8(13)16-4-2;1-3-11-5(8)4(2)7-6(9)10;1-4-9-6(8)5(2)7-3;1-3-8-5(7)4(2)6;7-4(8)6-2-1-5-3-6;3*2-1(3)4;;;/h8-9H,6-7H2,1-5H3,(H,13,17);4-7H,3H2,1-2H3,(H,11,14);5-6H,3-4H2,1-2H3,(H2,10,11,14);4,7H,3H2,1-2H3,(H,9,10);5,7H,4H2,1-3H3;4H,3,6H2,1-2H3;1-3H,(H,7,8);;(H4,2,3,4);(H2,2,3,4);1H4;;/q;;-2;;;;;;;;;;. The van der Waals surface area contributed by atoms with Gasteiger partial charge in [0.25, 0.3) is 6.03 Å². The second-order valence-electron chi connectivity index (χ2n) is 16.7. The van der Waals surface area contributed by atoms with Crippen LogP contribution in [0.1, 0.15) is 104 Å². The maximum absolute atomic E-state index is 11.8. The first-order valence-corrected chi connectivity index (χ1v) is 29.2. The van der Waals surface area contributed by atoms with E-state index in [4.69, 9.17) is 59.5 Å². The molecule has 6 unspecified atom stereocenters. The van der Waals surface area contributed by atoms with Crippen molar-refractivity contribution >= 4 is 118 Å². The van der Waals surface area contributed by atoms with Gasteiger partial charge in [-0.3, -0.25) is 33.3 Å². The molecule has 0 bridgehead atoms. The zero-order chi connectivity index (χ0) is 78.1. The van der Waals surface area contributed by atoms with Crippen LogP contribution in [0.25, 0.3) is 0 Å². The van der Waals surface area contributed by atoms with Gasteiger partial charge in [0.1, 0.15) is 48.9 Å². The minimum atomic E-state index is -1.83. The summed E-state index contributed by atoms with van der Waals surface area (Å²) in [4.78, 5) is 177. The van der Waals surface area contributed by atoms with Crippen LogP contribution < -0.4 is 49.1 Å². The number of halogens is 2. The summed E-state index contributed by atoms with van der Waals surface area (Å²) in [7, 11) is 3.18. The van der Waals surface area contributed by atoms with Crippen LogP contribution in [0, 0.1) is 95.7 Å². The third kappa shape index (κ3) is 84.4. The summed E-state index contributed by atoms with van der Waals surface area (Å²) in [5, 5.41) is 44.1. The van der Waals surface area contributed by atoms with Crippen LogP contribution in [0.15, 0.2) is 37.4 Å². The summed E-state index contributed by atoms with van der Waals surface area (Å²) in [6.07, 6.45) is 4.25. The molecule has 2 aromatic rings. The zero-order valence-electron chi connectivity index (χ0n) is 58.2. The molecule has 578 valence electrons. The molecular weight excluding hydrogens is 1660 g/mol. The number of rotatable bonds is 23. The summed E-state index contributed by atoms with van der Waals surface area (Å²) in [5.74, 6) is -3.91. The van der Waals surface area contributed by atoms with E-state index in [1.807, 2.05) is 5.32 Å². The Labute approximate surface area is 661 Å². The molecule has 0 aliphatic heterocycles. The first-order chi connectivity index (χ1) is 45.6. The number of carbonyl (C=O) groups is 16. The van der Waals surface area contributed by atoms with Crippen molar-refractivity contribution in [2.24, 2.45) is 17.2 Å². The van der Waals surface area contributed by atoms with E-state index >= 15 is 0 Å². The Balaban J connectivity index is -0.000000102. The fourth-order valence-corrected chi connectivity index (χ4v) is 4.38. The van der Waals surface area contributed by atoms with E-state index in [9.17, 15) is 62.3 Å². The van der Waals surface area contributed by atoms with E-state index in [1.165, 1.54) is 67.8 Å². The van der Waals surface area contributed by atoms with Crippen molar-refractivity contribution < 1.29 is 218 Å². The van der Waals surface area contributed by atoms with E-state index in [2.05, 4.69) is 90.2 Å². The van der Waals surface area contributed by atoms with E-state index < -0.39 is 113 Å². The summed E-state index contributed by atoms with van der Waals surface area (Å²) in [6, 6.07) is -6.17. The third-order valence-corrected chi connectivity index (χ3v) is 8.88. The Morgan fingerprint density at radius 3 is 1.05 bits per heavy atom. The topological polar surface area (TPSA) is 617 Å². The van der Waals surface area contributed by atoms with Gasteiger partial charge in [-0.2, -0.15) is 13.1 Å². The van der Waals surface area contributed by atoms with Crippen molar-refractivity contribution in [2.45, 2.75) is 141 Å². The molecule has 101 heavy (non-hydrogen) atoms. The monoisotopic (exact) mass is 1750 g/mol. The van der Waals surface area contributed by atoms with Gasteiger partial charge in [-0.15, -0.1) is 0 Å². The van der Waals surface area contributed by atoms with E-state index in [0.29, 0.717) is 19.8 Å². The molecule has 0 aromatic carbocycles. The number of aromatic nitrogens is 4. The molecule has 42 nitrogen and oxygen atoms in total. The van der Waals surface area contributed by atoms with Gasteiger partial charge < -0.3 is 112 Å². The number of carboxylic acid groups (broad SMARTS) is 4. The molecule has 0 fully saturated rings. The number of amides is 8. The average molecular weight is 1760 g/mol. The summed E-state index contributed by atoms with van der Waals surface area (Å²) in [5.41, 5.74) is 13.6. The number of nitrogens with zero attached hydrogens (tertiary/aromatic N) is 5. The fraction of sp³-hybridized carbons (Fsp3) is 0.564. The van der Waals surface area contributed by atoms with Gasteiger partial charge in [-0.1, -0.05) is 7.43 Å². The van der Waals surface area contributed by atoms with Gasteiger partial charge in [0.05, 0.1) is 52.9 Å². The van der Waals surface area contributed by atoms with Gasteiger partial charge in [-0.05, 0) is 127 Å². The number of hydrogen-bond acceptors (Lipinski definition) is 28. The first-order valence-electron chi connectivity index (χ1n) is 28.4. The number of nitrogens with two attached hydrogens (primary N) is 3. The number of primary amides is 2. The SMILES string of the molecule is C.CCOC(=O)C(C)N.CCOC(=O)C(C)NC.CCOC(=O)C(C)NC(=O)N(C)C(C)C(=O)OCC.CCOC(=O)C(C)NC(=O)O.CCOC(=O)C(C)NC(=O)n1ccnc1.CCOC(=O)[CH-]NC(=O)N[CH-]C(=O)OCC.NC(N)=O.O=C(Cl)Cl.O=C(O)O.O=C(O)n1ccnc1.[Pr].[Pr]. The quantitative estimate of drug-likeness (QED) is 0.0329. The minimum absolute atomic E-state index is 0. The number of urea groups is 3. The number of imidazole rings is 2. The Morgan fingerprint density at radius 1 is 0.505 bits per heavy atom. The summed E-state index contributed by atoms with van der Waals surface area (Å²) in [6.45, 7) is 27.0. The molecule has 8 amide bonds. The fourth-order valence-electron chi connectivity index (χ4n) is 4.38. The molecule has 2 rings (SSSR count). The van der Waals surface area contributed by atoms with Crippen molar-refractivity contribution in [3.63, 3.8) is 0 Å². The Hall–Kier alpha value is -7.89. The van der Waals surface area contributed by atoms with E-state index in [-0.39, 0.29) is 141 Å². The molecule has 0 aliphatic carbocycles. The van der Waals surface area contributed by atoms with Crippen LogP contribution in [0.3, 0.4) is 0 Å². The van der Waals surface area contributed by atoms with Crippen LogP contribution in [0.5, 0.6) is 0 Å². The van der Waals surface area contributed by atoms with Crippen LogP contribution in [-0.2, 0) is 76.3 Å². The maximum Gasteiger partial charge on any atom is 0.503 e. The predicted octanol–water partition coefficient (Wildman–Crippen LogP) is 2.79. The molecule has 16 N–H and O–H groups in total. The summed E-state index contributed by atoms with van der Waals surface area (Å²) >= 11 is 8.80. The zero-order valence-corrected chi connectivity index (χ0v) is 67.1. The van der Waals surface area contributed by atoms with Gasteiger partial charge in [0.2, 0.25) is 0 Å². The van der Waals surface area contributed by atoms with Crippen molar-refractivity contribution in [1.29, 1.82) is 0 Å². The number of esters is 8. The predicted molar refractivity (Wildman–Crippen MR) is 351 cm³/mol. The molecule has 0 saturated heterocycles. The Morgan fingerprint density at radius 2 is 0.792 bits per heavy atom. The van der Waals surface area contributed by atoms with Crippen LogP contribution in [-0.4, -0.2) is 243 Å². The molecule has 6 atom stereocenters. The molecule has 46 heteroatoms. The molecule has 2 heterocycles. The van der Waals surface area contributed by atoms with Crippen LogP contribution in [0.4, 0.5) is 38.4 Å². The third-order valence-electron chi connectivity index (χ3n) is 8.88. The van der Waals surface area contributed by atoms with Gasteiger partial charge in [0.15, 0.2) is 11.9 Å². The number of ether oxygens (including phenoxy) is 8. The number of carbonyl (C=O) groups excluding carboxylic acids is 13. The second kappa shape index (κ2) is 77.8. The number of nitrogens with one attached hydrogen (secondary N) is 6. The maximum atomic E-state index is 11.8. The molecule has 0 spiro atoms. The van der Waals surface area contributed by atoms with Gasteiger partial charge >= 0.3 is 77.0 Å². The van der Waals surface area contributed by atoms with Gasteiger partial charge in [-0.25, -0.2) is 62.5 Å². The normalized spacial score (nSPS) is 10.5. The molecule has 0 saturated carbocycles. The number of likely N-dealkylation sites (N-methyl/N-ethyl adjacent to an activating group) is 2. The van der Waals surface area contributed by atoms with Crippen molar-refractivity contribution in [1.82, 2.24) is 55.9 Å². The van der Waals surface area contributed by atoms with Crippen molar-refractivity contribution in [3.05, 3.63) is 50.5 Å². The first kappa shape index (κ1) is 117.